The minimum Gasteiger partial charge on any atom is -0.496 e. The summed E-state index contributed by atoms with van der Waals surface area (Å²) in [6.07, 6.45) is 5.33. The molecule has 176 valence electrons. The molecule has 8 nitrogen and oxygen atoms in total. The van der Waals surface area contributed by atoms with Crippen molar-refractivity contribution in [3.8, 4) is 11.4 Å². The third kappa shape index (κ3) is 3.92. The zero-order valence-corrected chi connectivity index (χ0v) is 19.4. The van der Waals surface area contributed by atoms with E-state index in [4.69, 9.17) is 4.74 Å². The number of aromatic nitrogens is 4. The van der Waals surface area contributed by atoms with Crippen molar-refractivity contribution in [2.75, 3.05) is 30.5 Å². The largest absolute Gasteiger partial charge is 0.496 e. The van der Waals surface area contributed by atoms with E-state index in [1.807, 2.05) is 35.6 Å². The zero-order chi connectivity index (χ0) is 23.8. The van der Waals surface area contributed by atoms with Gasteiger partial charge in [-0.15, -0.1) is 0 Å². The van der Waals surface area contributed by atoms with E-state index in [0.717, 1.165) is 42.0 Å². The topological polar surface area (TPSA) is 88.3 Å². The van der Waals surface area contributed by atoms with Crippen molar-refractivity contribution in [1.82, 2.24) is 19.5 Å². The van der Waals surface area contributed by atoms with Gasteiger partial charge in [0.1, 0.15) is 29.5 Å². The summed E-state index contributed by atoms with van der Waals surface area (Å²) in [7, 11) is 1.65. The lowest BCUT2D eigenvalue weighted by Gasteiger charge is -2.24. The van der Waals surface area contributed by atoms with Gasteiger partial charge in [-0.2, -0.15) is 4.98 Å². The fourth-order valence-electron chi connectivity index (χ4n) is 4.46. The maximum absolute atomic E-state index is 14.8. The van der Waals surface area contributed by atoms with Crippen molar-refractivity contribution >= 4 is 28.5 Å². The summed E-state index contributed by atoms with van der Waals surface area (Å²) >= 11 is 0. The van der Waals surface area contributed by atoms with E-state index in [9.17, 15) is 9.50 Å². The van der Waals surface area contributed by atoms with Gasteiger partial charge in [0.2, 0.25) is 5.95 Å². The van der Waals surface area contributed by atoms with Gasteiger partial charge in [0.25, 0.3) is 0 Å². The third-order valence-electron chi connectivity index (χ3n) is 6.46. The molecule has 2 N–H and O–H groups in total. The molecule has 2 aromatic carbocycles. The maximum atomic E-state index is 14.8. The van der Waals surface area contributed by atoms with Crippen LogP contribution in [0.15, 0.2) is 42.9 Å². The average molecular weight is 463 g/mol. The molecule has 0 spiro atoms. The number of imidazole rings is 1. The summed E-state index contributed by atoms with van der Waals surface area (Å²) in [6.45, 7) is 4.82. The standard InChI is InChI=1S/C25H27FN6O2/c1-15-10-18(11-21(34-3)16(15)2)31-12-22(27-14-31)29-24-23-19(26)7-4-8-20(23)28-25(30-24)32-9-5-6-17(32)13-33/h4,7-8,10-12,14,17,33H,5-6,9,13H2,1-3H3,(H,28,29,30)/t17-/m0/s1. The average Bonchev–Trinajstić information content (AvgIpc) is 3.50. The SMILES string of the molecule is COc1cc(-n2cnc(Nc3nc(N4CCC[C@H]4CO)nc4cccc(F)c34)c2)cc(C)c1C. The van der Waals surface area contributed by atoms with E-state index in [1.165, 1.54) is 6.07 Å². The Kier molecular flexibility index (Phi) is 5.79. The molecular weight excluding hydrogens is 435 g/mol. The predicted molar refractivity (Wildman–Crippen MR) is 130 cm³/mol. The minimum atomic E-state index is -0.412. The van der Waals surface area contributed by atoms with Crippen LogP contribution < -0.4 is 15.0 Å². The van der Waals surface area contributed by atoms with E-state index < -0.39 is 5.82 Å². The quantitative estimate of drug-likeness (QED) is 0.442. The highest BCUT2D eigenvalue weighted by Gasteiger charge is 2.27. The number of ether oxygens (including phenoxy) is 1. The van der Waals surface area contributed by atoms with Crippen molar-refractivity contribution in [3.63, 3.8) is 0 Å². The molecule has 0 aliphatic carbocycles. The van der Waals surface area contributed by atoms with Crippen LogP contribution in [0, 0.1) is 19.7 Å². The molecule has 1 aliphatic rings. The van der Waals surface area contributed by atoms with Crippen LogP contribution in [0.5, 0.6) is 5.75 Å². The Morgan fingerprint density at radius 1 is 1.24 bits per heavy atom. The van der Waals surface area contributed by atoms with Crippen molar-refractivity contribution in [2.45, 2.75) is 32.7 Å². The highest BCUT2D eigenvalue weighted by atomic mass is 19.1. The van der Waals surface area contributed by atoms with E-state index in [-0.39, 0.29) is 12.6 Å². The number of aliphatic hydroxyl groups excluding tert-OH is 1. The van der Waals surface area contributed by atoms with Gasteiger partial charge in [-0.25, -0.2) is 14.4 Å². The fraction of sp³-hybridized carbons (Fsp3) is 0.320. The molecule has 1 atom stereocenters. The number of halogens is 1. The fourth-order valence-corrected chi connectivity index (χ4v) is 4.46. The summed E-state index contributed by atoms with van der Waals surface area (Å²) in [5.41, 5.74) is 3.59. The van der Waals surface area contributed by atoms with Gasteiger partial charge >= 0.3 is 0 Å². The van der Waals surface area contributed by atoms with Crippen LogP contribution in [0.3, 0.4) is 0 Å². The molecule has 0 bridgehead atoms. The number of hydrogen-bond donors (Lipinski definition) is 2. The molecule has 1 saturated heterocycles. The number of anilines is 3. The Bertz CT molecular complexity index is 1350. The van der Waals surface area contributed by atoms with Crippen molar-refractivity contribution in [2.24, 2.45) is 0 Å². The number of aryl methyl sites for hydroxylation is 1. The van der Waals surface area contributed by atoms with Gasteiger partial charge in [-0.1, -0.05) is 6.07 Å². The van der Waals surface area contributed by atoms with Gasteiger partial charge in [0.15, 0.2) is 0 Å². The second kappa shape index (κ2) is 8.90. The molecule has 0 amide bonds. The molecule has 0 unspecified atom stereocenters. The molecular formula is C25H27FN6O2. The van der Waals surface area contributed by atoms with Crippen molar-refractivity contribution < 1.29 is 14.2 Å². The first kappa shape index (κ1) is 22.1. The molecule has 5 rings (SSSR count). The first-order chi connectivity index (χ1) is 16.5. The molecule has 9 heteroatoms. The lowest BCUT2D eigenvalue weighted by atomic mass is 10.1. The Balaban J connectivity index is 1.53. The van der Waals surface area contributed by atoms with Gasteiger partial charge in [0, 0.05) is 12.6 Å². The van der Waals surface area contributed by atoms with Crippen LogP contribution in [0.25, 0.3) is 16.6 Å². The Morgan fingerprint density at radius 2 is 2.09 bits per heavy atom. The molecule has 4 aromatic rings. The first-order valence-corrected chi connectivity index (χ1v) is 11.3. The Morgan fingerprint density at radius 3 is 2.88 bits per heavy atom. The molecule has 2 aromatic heterocycles. The van der Waals surface area contributed by atoms with Crippen LogP contribution in [0.4, 0.5) is 22.0 Å². The number of rotatable bonds is 6. The van der Waals surface area contributed by atoms with Crippen LogP contribution >= 0.6 is 0 Å². The lowest BCUT2D eigenvalue weighted by molar-refractivity contribution is 0.265. The minimum absolute atomic E-state index is 0.0249. The van der Waals surface area contributed by atoms with Crippen LogP contribution in [-0.2, 0) is 0 Å². The second-order valence-electron chi connectivity index (χ2n) is 8.56. The smallest absolute Gasteiger partial charge is 0.228 e. The lowest BCUT2D eigenvalue weighted by Crippen LogP contribution is -2.33. The van der Waals surface area contributed by atoms with E-state index >= 15 is 0 Å². The van der Waals surface area contributed by atoms with Crippen LogP contribution in [0.1, 0.15) is 24.0 Å². The van der Waals surface area contributed by atoms with Crippen LogP contribution in [0.2, 0.25) is 0 Å². The molecule has 1 aliphatic heterocycles. The molecule has 1 fully saturated rings. The predicted octanol–water partition coefficient (Wildman–Crippen LogP) is 4.28. The number of aliphatic hydroxyl groups is 1. The number of hydrogen-bond acceptors (Lipinski definition) is 7. The summed E-state index contributed by atoms with van der Waals surface area (Å²) in [5, 5.41) is 13.2. The highest BCUT2D eigenvalue weighted by Crippen LogP contribution is 2.31. The Hall–Kier alpha value is -3.72. The van der Waals surface area contributed by atoms with Gasteiger partial charge in [-0.3, -0.25) is 0 Å². The normalized spacial score (nSPS) is 15.8. The molecule has 0 saturated carbocycles. The molecule has 0 radical (unpaired) electrons. The van der Waals surface area contributed by atoms with E-state index in [0.29, 0.717) is 28.5 Å². The first-order valence-electron chi connectivity index (χ1n) is 11.3. The van der Waals surface area contributed by atoms with E-state index in [2.05, 4.69) is 26.3 Å². The summed E-state index contributed by atoms with van der Waals surface area (Å²) < 4.78 is 22.2. The Labute approximate surface area is 197 Å². The maximum Gasteiger partial charge on any atom is 0.228 e. The van der Waals surface area contributed by atoms with Gasteiger partial charge < -0.3 is 24.6 Å². The van der Waals surface area contributed by atoms with Gasteiger partial charge in [-0.05, 0) is 56.0 Å². The van der Waals surface area contributed by atoms with E-state index in [1.54, 1.807) is 25.6 Å². The number of benzene rings is 2. The summed E-state index contributed by atoms with van der Waals surface area (Å²) in [5.74, 6) is 1.72. The monoisotopic (exact) mass is 462 g/mol. The van der Waals surface area contributed by atoms with Crippen molar-refractivity contribution in [3.05, 3.63) is 59.8 Å². The van der Waals surface area contributed by atoms with Crippen LogP contribution in [-0.4, -0.2) is 50.9 Å². The molecule has 3 heterocycles. The summed E-state index contributed by atoms with van der Waals surface area (Å²) in [4.78, 5) is 15.7. The number of methoxy groups -OCH3 is 1. The number of fused-ring (bicyclic) bond motifs is 1. The van der Waals surface area contributed by atoms with Crippen molar-refractivity contribution in [1.29, 1.82) is 0 Å². The number of nitrogens with zero attached hydrogens (tertiary/aromatic N) is 5. The second-order valence-corrected chi connectivity index (χ2v) is 8.56. The summed E-state index contributed by atoms with van der Waals surface area (Å²) in [6, 6.07) is 8.75. The third-order valence-corrected chi connectivity index (χ3v) is 6.46. The molecule has 34 heavy (non-hydrogen) atoms. The highest BCUT2D eigenvalue weighted by molar-refractivity contribution is 5.92. The number of nitrogens with one attached hydrogen (secondary N) is 1. The van der Waals surface area contributed by atoms with Gasteiger partial charge in [0.05, 0.1) is 42.5 Å². The zero-order valence-electron chi connectivity index (χ0n) is 19.4.